The van der Waals surface area contributed by atoms with Crippen LogP contribution in [0.3, 0.4) is 0 Å². The second-order valence-electron chi connectivity index (χ2n) is 5.37. The van der Waals surface area contributed by atoms with E-state index in [2.05, 4.69) is 12.1 Å². The highest BCUT2D eigenvalue weighted by molar-refractivity contribution is 5.43. The zero-order valence-electron chi connectivity index (χ0n) is 13.3. The number of nitrogens with two attached hydrogens (primary N) is 1. The van der Waals surface area contributed by atoms with Crippen LogP contribution in [0.4, 0.5) is 0 Å². The highest BCUT2D eigenvalue weighted by Gasteiger charge is 2.13. The maximum absolute atomic E-state index is 9.67. The van der Waals surface area contributed by atoms with Gasteiger partial charge in [0.25, 0.3) is 0 Å². The van der Waals surface area contributed by atoms with E-state index in [4.69, 9.17) is 15.2 Å². The molecule has 0 fully saturated rings. The summed E-state index contributed by atoms with van der Waals surface area (Å²) in [5.74, 6) is 1.72. The maximum atomic E-state index is 9.67. The van der Waals surface area contributed by atoms with Crippen LogP contribution in [0.2, 0.25) is 0 Å². The molecule has 2 aromatic carbocycles. The van der Waals surface area contributed by atoms with Crippen molar-refractivity contribution < 1.29 is 14.6 Å². The van der Waals surface area contributed by atoms with Gasteiger partial charge in [-0.25, -0.2) is 0 Å². The molecule has 0 saturated carbocycles. The van der Waals surface area contributed by atoms with Gasteiger partial charge in [0.15, 0.2) is 11.5 Å². The fraction of sp³-hybridized carbons (Fsp3) is 0.333. The van der Waals surface area contributed by atoms with Crippen molar-refractivity contribution in [3.63, 3.8) is 0 Å². The third-order valence-corrected chi connectivity index (χ3v) is 3.90. The van der Waals surface area contributed by atoms with Crippen LogP contribution < -0.4 is 15.2 Å². The van der Waals surface area contributed by atoms with Crippen molar-refractivity contribution in [3.05, 3.63) is 53.1 Å². The third-order valence-electron chi connectivity index (χ3n) is 3.90. The molecule has 0 saturated heterocycles. The van der Waals surface area contributed by atoms with Crippen molar-refractivity contribution in [2.75, 3.05) is 20.8 Å². The Morgan fingerprint density at radius 3 is 2.36 bits per heavy atom. The van der Waals surface area contributed by atoms with E-state index in [1.165, 1.54) is 5.56 Å². The van der Waals surface area contributed by atoms with Gasteiger partial charge in [0, 0.05) is 5.92 Å². The number of hydrogen-bond donors (Lipinski definition) is 2. The van der Waals surface area contributed by atoms with Crippen molar-refractivity contribution in [3.8, 4) is 17.2 Å². The van der Waals surface area contributed by atoms with E-state index in [0.29, 0.717) is 12.3 Å². The lowest BCUT2D eigenvalue weighted by Crippen LogP contribution is -2.15. The van der Waals surface area contributed by atoms with Crippen LogP contribution >= 0.6 is 0 Å². The van der Waals surface area contributed by atoms with Gasteiger partial charge >= 0.3 is 0 Å². The highest BCUT2D eigenvalue weighted by Crippen LogP contribution is 2.30. The SMILES string of the molecule is COc1ccc(C(CN)Cc2ccc(O)c(OC)c2)cc1C. The molecule has 0 aliphatic heterocycles. The second-order valence-corrected chi connectivity index (χ2v) is 5.37. The lowest BCUT2D eigenvalue weighted by molar-refractivity contribution is 0.373. The Morgan fingerprint density at radius 2 is 1.77 bits per heavy atom. The number of aryl methyl sites for hydroxylation is 1. The first-order valence-electron chi connectivity index (χ1n) is 7.29. The first kappa shape index (κ1) is 16.2. The van der Waals surface area contributed by atoms with E-state index in [1.54, 1.807) is 20.3 Å². The summed E-state index contributed by atoms with van der Waals surface area (Å²) in [6, 6.07) is 11.6. The Balaban J connectivity index is 2.23. The lowest BCUT2D eigenvalue weighted by Gasteiger charge is -2.17. The van der Waals surface area contributed by atoms with Gasteiger partial charge in [0.05, 0.1) is 14.2 Å². The van der Waals surface area contributed by atoms with Crippen LogP contribution in [0.15, 0.2) is 36.4 Å². The number of phenols is 1. The van der Waals surface area contributed by atoms with Gasteiger partial charge in [-0.05, 0) is 54.8 Å². The number of rotatable bonds is 6. The lowest BCUT2D eigenvalue weighted by atomic mass is 9.91. The van der Waals surface area contributed by atoms with Gasteiger partial charge < -0.3 is 20.3 Å². The molecule has 22 heavy (non-hydrogen) atoms. The van der Waals surface area contributed by atoms with E-state index in [9.17, 15) is 5.11 Å². The Labute approximate surface area is 131 Å². The molecular weight excluding hydrogens is 278 g/mol. The molecule has 3 N–H and O–H groups in total. The topological polar surface area (TPSA) is 64.7 Å². The second kappa shape index (κ2) is 7.18. The van der Waals surface area contributed by atoms with Gasteiger partial charge in [0.1, 0.15) is 5.75 Å². The Hall–Kier alpha value is -2.20. The number of benzene rings is 2. The molecule has 0 aliphatic carbocycles. The molecule has 0 heterocycles. The van der Waals surface area contributed by atoms with E-state index in [-0.39, 0.29) is 11.7 Å². The van der Waals surface area contributed by atoms with E-state index < -0.39 is 0 Å². The molecule has 0 spiro atoms. The van der Waals surface area contributed by atoms with Crippen LogP contribution in [0, 0.1) is 6.92 Å². The zero-order chi connectivity index (χ0) is 16.1. The summed E-state index contributed by atoms with van der Waals surface area (Å²) in [5, 5.41) is 9.67. The minimum absolute atomic E-state index is 0.149. The standard InChI is InChI=1S/C18H23NO3/c1-12-8-14(5-7-17(12)21-2)15(11-19)9-13-4-6-16(20)18(10-13)22-3/h4-8,10,15,20H,9,11,19H2,1-3H3. The summed E-state index contributed by atoms with van der Waals surface area (Å²) in [7, 11) is 3.22. The van der Waals surface area contributed by atoms with Gasteiger partial charge in [-0.3, -0.25) is 0 Å². The number of aromatic hydroxyl groups is 1. The first-order chi connectivity index (χ1) is 10.6. The molecule has 0 aliphatic rings. The van der Waals surface area contributed by atoms with Gasteiger partial charge in [0.2, 0.25) is 0 Å². The number of phenolic OH excluding ortho intramolecular Hbond substituents is 1. The fourth-order valence-electron chi connectivity index (χ4n) is 2.63. The molecule has 1 unspecified atom stereocenters. The van der Waals surface area contributed by atoms with Crippen LogP contribution in [0.5, 0.6) is 17.2 Å². The molecule has 0 amide bonds. The summed E-state index contributed by atoms with van der Waals surface area (Å²) >= 11 is 0. The predicted molar refractivity (Wildman–Crippen MR) is 87.9 cm³/mol. The predicted octanol–water partition coefficient (Wildman–Crippen LogP) is 3.00. The largest absolute Gasteiger partial charge is 0.504 e. The van der Waals surface area contributed by atoms with Crippen molar-refractivity contribution in [1.29, 1.82) is 0 Å². The molecule has 0 bridgehead atoms. The molecule has 0 aromatic heterocycles. The van der Waals surface area contributed by atoms with Gasteiger partial charge in [-0.1, -0.05) is 18.2 Å². The number of hydrogen-bond acceptors (Lipinski definition) is 4. The Bertz CT molecular complexity index is 640. The zero-order valence-corrected chi connectivity index (χ0v) is 13.3. The minimum Gasteiger partial charge on any atom is -0.504 e. The normalized spacial score (nSPS) is 12.0. The Kier molecular flexibility index (Phi) is 5.28. The van der Waals surface area contributed by atoms with Crippen LogP contribution in [-0.2, 0) is 6.42 Å². The molecule has 4 nitrogen and oxygen atoms in total. The van der Waals surface area contributed by atoms with E-state index in [0.717, 1.165) is 23.3 Å². The van der Waals surface area contributed by atoms with Crippen molar-refractivity contribution in [1.82, 2.24) is 0 Å². The molecule has 2 aromatic rings. The first-order valence-corrected chi connectivity index (χ1v) is 7.29. The molecule has 1 atom stereocenters. The fourth-order valence-corrected chi connectivity index (χ4v) is 2.63. The monoisotopic (exact) mass is 301 g/mol. The molecule has 0 radical (unpaired) electrons. The summed E-state index contributed by atoms with van der Waals surface area (Å²) in [4.78, 5) is 0. The van der Waals surface area contributed by atoms with Crippen LogP contribution in [0.1, 0.15) is 22.6 Å². The number of methoxy groups -OCH3 is 2. The maximum Gasteiger partial charge on any atom is 0.160 e. The molecular formula is C18H23NO3. The van der Waals surface area contributed by atoms with Crippen molar-refractivity contribution >= 4 is 0 Å². The quantitative estimate of drug-likeness (QED) is 0.861. The molecule has 4 heteroatoms. The highest BCUT2D eigenvalue weighted by atomic mass is 16.5. The summed E-state index contributed by atoms with van der Waals surface area (Å²) in [6.45, 7) is 2.58. The van der Waals surface area contributed by atoms with Gasteiger partial charge in [-0.15, -0.1) is 0 Å². The van der Waals surface area contributed by atoms with Crippen molar-refractivity contribution in [2.24, 2.45) is 5.73 Å². The third kappa shape index (κ3) is 3.52. The van der Waals surface area contributed by atoms with Crippen molar-refractivity contribution in [2.45, 2.75) is 19.3 Å². The van der Waals surface area contributed by atoms with E-state index >= 15 is 0 Å². The summed E-state index contributed by atoms with van der Waals surface area (Å²) < 4.78 is 10.5. The van der Waals surface area contributed by atoms with Gasteiger partial charge in [-0.2, -0.15) is 0 Å². The smallest absolute Gasteiger partial charge is 0.160 e. The average molecular weight is 301 g/mol. The van der Waals surface area contributed by atoms with Crippen LogP contribution in [0.25, 0.3) is 0 Å². The average Bonchev–Trinajstić information content (AvgIpc) is 2.54. The summed E-state index contributed by atoms with van der Waals surface area (Å²) in [5.41, 5.74) is 9.33. The van der Waals surface area contributed by atoms with Crippen LogP contribution in [-0.4, -0.2) is 25.9 Å². The molecule has 2 rings (SSSR count). The number of ether oxygens (including phenoxy) is 2. The minimum atomic E-state index is 0.149. The Morgan fingerprint density at radius 1 is 1.05 bits per heavy atom. The van der Waals surface area contributed by atoms with E-state index in [1.807, 2.05) is 25.1 Å². The summed E-state index contributed by atoms with van der Waals surface area (Å²) in [6.07, 6.45) is 0.791. The molecule has 118 valence electrons.